The normalized spacial score (nSPS) is 22.2. The summed E-state index contributed by atoms with van der Waals surface area (Å²) < 4.78 is 5.32. The van der Waals surface area contributed by atoms with E-state index in [0.29, 0.717) is 0 Å². The van der Waals surface area contributed by atoms with E-state index in [4.69, 9.17) is 4.74 Å². The van der Waals surface area contributed by atoms with E-state index >= 15 is 0 Å². The third kappa shape index (κ3) is 2.91. The first-order valence-corrected chi connectivity index (χ1v) is 7.90. The molecule has 114 valence electrons. The predicted molar refractivity (Wildman–Crippen MR) is 82.5 cm³/mol. The van der Waals surface area contributed by atoms with Gasteiger partial charge in [-0.15, -0.1) is 0 Å². The smallest absolute Gasteiger partial charge is 0.239 e. The van der Waals surface area contributed by atoms with Crippen molar-refractivity contribution in [2.45, 2.75) is 44.7 Å². The van der Waals surface area contributed by atoms with Gasteiger partial charge in [0.2, 0.25) is 5.91 Å². The maximum atomic E-state index is 12.4. The van der Waals surface area contributed by atoms with E-state index in [1.165, 1.54) is 11.1 Å². The topological polar surface area (TPSA) is 41.6 Å². The number of hydrogen-bond donors (Lipinski definition) is 1. The number of hydrogen-bond acceptors (Lipinski definition) is 3. The van der Waals surface area contributed by atoms with Crippen molar-refractivity contribution >= 4 is 5.91 Å². The summed E-state index contributed by atoms with van der Waals surface area (Å²) in [6, 6.07) is 6.40. The highest BCUT2D eigenvalue weighted by molar-refractivity contribution is 5.81. The lowest BCUT2D eigenvalue weighted by Gasteiger charge is -2.24. The van der Waals surface area contributed by atoms with Crippen LogP contribution in [0, 0.1) is 0 Å². The predicted octanol–water partition coefficient (Wildman–Crippen LogP) is 2.28. The highest BCUT2D eigenvalue weighted by atomic mass is 16.5. The Morgan fingerprint density at radius 2 is 2.14 bits per heavy atom. The van der Waals surface area contributed by atoms with E-state index in [9.17, 15) is 4.79 Å². The van der Waals surface area contributed by atoms with Gasteiger partial charge in [-0.25, -0.2) is 0 Å². The number of aryl methyl sites for hydroxylation is 1. The quantitative estimate of drug-likeness (QED) is 0.924. The standard InChI is InChI=1S/C17H24N2O2/c1-12(17(20)19-9-3-4-10-19)18-16-8-6-13-5-7-14(21-2)11-15(13)16/h5,7,11-12,16,18H,3-4,6,8-10H2,1-2H3. The molecule has 2 unspecified atom stereocenters. The molecule has 4 nitrogen and oxygen atoms in total. The van der Waals surface area contributed by atoms with E-state index in [-0.39, 0.29) is 18.0 Å². The summed E-state index contributed by atoms with van der Waals surface area (Å²) in [4.78, 5) is 14.4. The number of rotatable bonds is 4. The summed E-state index contributed by atoms with van der Waals surface area (Å²) in [6.45, 7) is 3.82. The molecule has 0 saturated carbocycles. The molecule has 0 spiro atoms. The minimum Gasteiger partial charge on any atom is -0.497 e. The van der Waals surface area contributed by atoms with Crippen molar-refractivity contribution in [2.24, 2.45) is 0 Å². The molecule has 0 radical (unpaired) electrons. The lowest BCUT2D eigenvalue weighted by atomic mass is 10.1. The van der Waals surface area contributed by atoms with Crippen LogP contribution in [0.3, 0.4) is 0 Å². The zero-order chi connectivity index (χ0) is 14.8. The lowest BCUT2D eigenvalue weighted by Crippen LogP contribution is -2.44. The molecule has 4 heteroatoms. The van der Waals surface area contributed by atoms with E-state index in [1.807, 2.05) is 17.9 Å². The molecular weight excluding hydrogens is 264 g/mol. The van der Waals surface area contributed by atoms with Gasteiger partial charge in [0.1, 0.15) is 5.75 Å². The molecule has 1 heterocycles. The highest BCUT2D eigenvalue weighted by Crippen LogP contribution is 2.34. The summed E-state index contributed by atoms with van der Waals surface area (Å²) in [6.07, 6.45) is 4.41. The molecule has 1 N–H and O–H groups in total. The average molecular weight is 288 g/mol. The third-order valence-electron chi connectivity index (χ3n) is 4.67. The number of ether oxygens (including phenoxy) is 1. The molecule has 1 aromatic carbocycles. The van der Waals surface area contributed by atoms with Crippen LogP contribution >= 0.6 is 0 Å². The van der Waals surface area contributed by atoms with Crippen molar-refractivity contribution in [3.63, 3.8) is 0 Å². The number of fused-ring (bicyclic) bond motifs is 1. The minimum absolute atomic E-state index is 0.120. The van der Waals surface area contributed by atoms with Crippen LogP contribution in [0.4, 0.5) is 0 Å². The van der Waals surface area contributed by atoms with E-state index in [2.05, 4.69) is 17.4 Å². The first-order chi connectivity index (χ1) is 10.2. The van der Waals surface area contributed by atoms with Gasteiger partial charge in [0, 0.05) is 19.1 Å². The molecule has 0 bridgehead atoms. The summed E-state index contributed by atoms with van der Waals surface area (Å²) >= 11 is 0. The van der Waals surface area contributed by atoms with Crippen molar-refractivity contribution in [2.75, 3.05) is 20.2 Å². The van der Waals surface area contributed by atoms with Crippen LogP contribution in [0.2, 0.25) is 0 Å². The highest BCUT2D eigenvalue weighted by Gasteiger charge is 2.28. The van der Waals surface area contributed by atoms with E-state index in [1.54, 1.807) is 7.11 Å². The van der Waals surface area contributed by atoms with Crippen molar-refractivity contribution in [3.05, 3.63) is 29.3 Å². The third-order valence-corrected chi connectivity index (χ3v) is 4.67. The molecule has 2 atom stereocenters. The van der Waals surface area contributed by atoms with E-state index in [0.717, 1.165) is 44.5 Å². The molecule has 1 saturated heterocycles. The Hall–Kier alpha value is -1.55. The Bertz CT molecular complexity index is 524. The van der Waals surface area contributed by atoms with Crippen LogP contribution in [0.15, 0.2) is 18.2 Å². The molecule has 21 heavy (non-hydrogen) atoms. The molecule has 1 aliphatic heterocycles. The number of benzene rings is 1. The van der Waals surface area contributed by atoms with Crippen LogP contribution in [-0.4, -0.2) is 37.0 Å². The van der Waals surface area contributed by atoms with Gasteiger partial charge in [0.15, 0.2) is 0 Å². The van der Waals surface area contributed by atoms with Crippen LogP contribution in [0.25, 0.3) is 0 Å². The first-order valence-electron chi connectivity index (χ1n) is 7.90. The van der Waals surface area contributed by atoms with Gasteiger partial charge in [-0.2, -0.15) is 0 Å². The molecule has 0 aromatic heterocycles. The van der Waals surface area contributed by atoms with Gasteiger partial charge < -0.3 is 9.64 Å². The van der Waals surface area contributed by atoms with E-state index < -0.39 is 0 Å². The Morgan fingerprint density at radius 3 is 2.86 bits per heavy atom. The fraction of sp³-hybridized carbons (Fsp3) is 0.588. The SMILES string of the molecule is COc1ccc2c(c1)C(NC(C)C(=O)N1CCCC1)CC2. The summed E-state index contributed by atoms with van der Waals surface area (Å²) in [5.74, 6) is 1.13. The second kappa shape index (κ2) is 6.06. The maximum Gasteiger partial charge on any atom is 0.239 e. The van der Waals surface area contributed by atoms with Gasteiger partial charge in [0.05, 0.1) is 13.2 Å². The zero-order valence-electron chi connectivity index (χ0n) is 12.9. The van der Waals surface area contributed by atoms with Crippen molar-refractivity contribution in [1.82, 2.24) is 10.2 Å². The maximum absolute atomic E-state index is 12.4. The number of carbonyl (C=O) groups excluding carboxylic acids is 1. The summed E-state index contributed by atoms with van der Waals surface area (Å²) in [5, 5.41) is 3.52. The molecule has 2 aliphatic rings. The molecular formula is C17H24N2O2. The molecule has 3 rings (SSSR count). The first kappa shape index (κ1) is 14.4. The van der Waals surface area contributed by atoms with Gasteiger partial charge in [-0.05, 0) is 55.9 Å². The number of likely N-dealkylation sites (tertiary alicyclic amines) is 1. The van der Waals surface area contributed by atoms with Crippen LogP contribution < -0.4 is 10.1 Å². The average Bonchev–Trinajstić information content (AvgIpc) is 3.16. The molecule has 1 fully saturated rings. The second-order valence-corrected chi connectivity index (χ2v) is 6.08. The number of amides is 1. The fourth-order valence-corrected chi connectivity index (χ4v) is 3.46. The monoisotopic (exact) mass is 288 g/mol. The van der Waals surface area contributed by atoms with Gasteiger partial charge in [0.25, 0.3) is 0 Å². The fourth-order valence-electron chi connectivity index (χ4n) is 3.46. The number of carbonyl (C=O) groups is 1. The number of nitrogens with zero attached hydrogens (tertiary/aromatic N) is 1. The zero-order valence-corrected chi connectivity index (χ0v) is 12.9. The molecule has 1 aromatic rings. The molecule has 1 amide bonds. The largest absolute Gasteiger partial charge is 0.497 e. The Morgan fingerprint density at radius 1 is 1.38 bits per heavy atom. The lowest BCUT2D eigenvalue weighted by molar-refractivity contribution is -0.132. The van der Waals surface area contributed by atoms with Gasteiger partial charge >= 0.3 is 0 Å². The minimum atomic E-state index is -0.120. The van der Waals surface area contributed by atoms with Crippen molar-refractivity contribution in [3.8, 4) is 5.75 Å². The second-order valence-electron chi connectivity index (χ2n) is 6.08. The van der Waals surface area contributed by atoms with Crippen LogP contribution in [-0.2, 0) is 11.2 Å². The van der Waals surface area contributed by atoms with Crippen molar-refractivity contribution < 1.29 is 9.53 Å². The summed E-state index contributed by atoms with van der Waals surface area (Å²) in [5.41, 5.74) is 2.66. The van der Waals surface area contributed by atoms with Crippen LogP contribution in [0.5, 0.6) is 5.75 Å². The van der Waals surface area contributed by atoms with Gasteiger partial charge in [-0.1, -0.05) is 6.07 Å². The summed E-state index contributed by atoms with van der Waals surface area (Å²) in [7, 11) is 1.69. The van der Waals surface area contributed by atoms with Crippen molar-refractivity contribution in [1.29, 1.82) is 0 Å². The number of nitrogens with one attached hydrogen (secondary N) is 1. The molecule has 1 aliphatic carbocycles. The Balaban J connectivity index is 1.68. The van der Waals surface area contributed by atoms with Gasteiger partial charge in [-0.3, -0.25) is 10.1 Å². The Kier molecular flexibility index (Phi) is 4.15. The Labute approximate surface area is 126 Å². The number of methoxy groups -OCH3 is 1. The van der Waals surface area contributed by atoms with Crippen LogP contribution in [0.1, 0.15) is 43.4 Å².